The van der Waals surface area contributed by atoms with Gasteiger partial charge >= 0.3 is 11.9 Å². The lowest BCUT2D eigenvalue weighted by Gasteiger charge is -1.98. The molecule has 0 bridgehead atoms. The van der Waals surface area contributed by atoms with Crippen molar-refractivity contribution >= 4 is 29.7 Å². The number of nitrogens with one attached hydrogen (secondary N) is 1. The van der Waals surface area contributed by atoms with E-state index in [1.165, 1.54) is 18.2 Å². The van der Waals surface area contributed by atoms with Crippen molar-refractivity contribution in [2.45, 2.75) is 0 Å². The van der Waals surface area contributed by atoms with Crippen LogP contribution in [0.1, 0.15) is 10.4 Å². The fourth-order valence-electron chi connectivity index (χ4n) is 1.04. The Morgan fingerprint density at radius 2 is 1.94 bits per heavy atom. The molecule has 3 N–H and O–H groups in total. The van der Waals surface area contributed by atoms with Gasteiger partial charge < -0.3 is 10.2 Å². The number of hydrogen-bond donors (Lipinski definition) is 3. The molecule has 0 radical (unpaired) electrons. The van der Waals surface area contributed by atoms with Crippen LogP contribution < -0.4 is 0 Å². The fourth-order valence-corrected chi connectivity index (χ4v) is 1.04. The summed E-state index contributed by atoms with van der Waals surface area (Å²) in [6.45, 7) is 0. The molecule has 0 aliphatic carbocycles. The van der Waals surface area contributed by atoms with Crippen LogP contribution in [-0.2, 0) is 4.79 Å². The van der Waals surface area contributed by atoms with Gasteiger partial charge in [0.1, 0.15) is 5.57 Å². The van der Waals surface area contributed by atoms with Crippen molar-refractivity contribution in [3.63, 3.8) is 0 Å². The molecule has 1 aromatic rings. The van der Waals surface area contributed by atoms with Gasteiger partial charge in [0.05, 0.1) is 17.5 Å². The molecular formula is C11H8N2O4. The van der Waals surface area contributed by atoms with E-state index in [1.54, 1.807) is 11.9 Å². The Morgan fingerprint density at radius 3 is 2.47 bits per heavy atom. The number of carboxylic acids is 2. The standard InChI is InChI=1S/C11H8N2O4/c12-5-7(10(14)15)6-13-9-4-2-1-3-8(9)11(16)17/h1-4,6,12H,(H,14,15)(H,16,17). The topological polar surface area (TPSA) is 111 Å². The highest BCUT2D eigenvalue weighted by molar-refractivity contribution is 6.16. The molecule has 1 rings (SSSR count). The zero-order valence-corrected chi connectivity index (χ0v) is 8.54. The normalized spacial score (nSPS) is 9.88. The second kappa shape index (κ2) is 5.39. The van der Waals surface area contributed by atoms with Crippen LogP contribution in [0.25, 0.3) is 0 Å². The Morgan fingerprint density at radius 1 is 1.29 bits per heavy atom. The molecule has 0 aliphatic rings. The lowest BCUT2D eigenvalue weighted by atomic mass is 10.2. The van der Waals surface area contributed by atoms with Crippen molar-refractivity contribution in [3.8, 4) is 0 Å². The van der Waals surface area contributed by atoms with E-state index >= 15 is 0 Å². The van der Waals surface area contributed by atoms with Gasteiger partial charge in [-0.3, -0.25) is 10.4 Å². The van der Waals surface area contributed by atoms with Gasteiger partial charge in [0.2, 0.25) is 0 Å². The minimum atomic E-state index is -1.35. The van der Waals surface area contributed by atoms with Crippen molar-refractivity contribution in [2.24, 2.45) is 4.99 Å². The number of nitrogens with zero attached hydrogens (tertiary/aromatic N) is 1. The number of hydrogen-bond acceptors (Lipinski definition) is 4. The first-order valence-corrected chi connectivity index (χ1v) is 4.45. The molecule has 1 aromatic carbocycles. The summed E-state index contributed by atoms with van der Waals surface area (Å²) in [5.74, 6) is -0.818. The number of aliphatic imine (C=N–C) groups is 1. The molecule has 0 aliphatic heterocycles. The predicted octanol–water partition coefficient (Wildman–Crippen LogP) is 1.35. The van der Waals surface area contributed by atoms with Crippen molar-refractivity contribution in [2.75, 3.05) is 0 Å². The molecule has 0 amide bonds. The van der Waals surface area contributed by atoms with E-state index in [2.05, 4.69) is 4.99 Å². The number of benzene rings is 1. The molecule has 6 heteroatoms. The third-order valence-corrected chi connectivity index (χ3v) is 1.83. The van der Waals surface area contributed by atoms with Gasteiger partial charge in [-0.05, 0) is 18.0 Å². The number of para-hydroxylation sites is 1. The summed E-state index contributed by atoms with van der Waals surface area (Å²) in [5.41, 5.74) is -0.377. The van der Waals surface area contributed by atoms with Crippen molar-refractivity contribution < 1.29 is 19.8 Å². The van der Waals surface area contributed by atoms with Crippen LogP contribution in [0.4, 0.5) is 5.69 Å². The summed E-state index contributed by atoms with van der Waals surface area (Å²) in [6, 6.07) is 5.90. The van der Waals surface area contributed by atoms with Crippen LogP contribution in [0, 0.1) is 5.41 Å². The maximum Gasteiger partial charge on any atom is 0.346 e. The van der Waals surface area contributed by atoms with Crippen molar-refractivity contribution in [1.29, 1.82) is 5.41 Å². The van der Waals surface area contributed by atoms with E-state index in [1.807, 2.05) is 0 Å². The van der Waals surface area contributed by atoms with E-state index in [9.17, 15) is 9.59 Å². The quantitative estimate of drug-likeness (QED) is 0.537. The average molecular weight is 232 g/mol. The molecular weight excluding hydrogens is 224 g/mol. The van der Waals surface area contributed by atoms with E-state index in [0.717, 1.165) is 6.21 Å². The number of rotatable bonds is 4. The molecule has 0 heterocycles. The Labute approximate surface area is 96.1 Å². The second-order valence-corrected chi connectivity index (χ2v) is 2.92. The summed E-state index contributed by atoms with van der Waals surface area (Å²) in [7, 11) is 0. The summed E-state index contributed by atoms with van der Waals surface area (Å²) in [6.07, 6.45) is 0.886. The number of carboxylic acid groups (broad SMARTS) is 2. The van der Waals surface area contributed by atoms with Crippen LogP contribution in [-0.4, -0.2) is 34.2 Å². The minimum absolute atomic E-state index is 0.0431. The maximum atomic E-state index is 10.8. The maximum absolute atomic E-state index is 10.8. The summed E-state index contributed by atoms with van der Waals surface area (Å²) < 4.78 is 0. The first-order chi connectivity index (χ1) is 8.06. The molecule has 0 aromatic heterocycles. The Hall–Kier alpha value is -2.72. The molecule has 0 spiro atoms. The van der Waals surface area contributed by atoms with Gasteiger partial charge in [-0.15, -0.1) is 0 Å². The van der Waals surface area contributed by atoms with Gasteiger partial charge in [-0.2, -0.15) is 0 Å². The summed E-state index contributed by atoms with van der Waals surface area (Å²) >= 11 is 0. The fraction of sp³-hybridized carbons (Fsp3) is 0. The molecule has 0 saturated heterocycles. The third-order valence-electron chi connectivity index (χ3n) is 1.83. The number of carbonyl (C=O) groups is 2. The van der Waals surface area contributed by atoms with Crippen LogP contribution in [0.15, 0.2) is 34.8 Å². The molecule has 0 atom stereocenters. The predicted molar refractivity (Wildman–Crippen MR) is 60.4 cm³/mol. The van der Waals surface area contributed by atoms with Gasteiger partial charge in [-0.25, -0.2) is 9.59 Å². The zero-order chi connectivity index (χ0) is 12.8. The third kappa shape index (κ3) is 3.12. The van der Waals surface area contributed by atoms with Crippen molar-refractivity contribution in [1.82, 2.24) is 0 Å². The Balaban J connectivity index is 3.12. The number of aliphatic carboxylic acids is 1. The van der Waals surface area contributed by atoms with Gasteiger partial charge in [0.15, 0.2) is 0 Å². The van der Waals surface area contributed by atoms with E-state index < -0.39 is 17.5 Å². The zero-order valence-electron chi connectivity index (χ0n) is 8.54. The van der Waals surface area contributed by atoms with Crippen LogP contribution >= 0.6 is 0 Å². The first-order valence-electron chi connectivity index (χ1n) is 4.45. The Kier molecular flexibility index (Phi) is 3.91. The highest BCUT2D eigenvalue weighted by Crippen LogP contribution is 2.18. The molecule has 0 unspecified atom stereocenters. The SMILES string of the molecule is N=C=C(C=Nc1ccccc1C(=O)O)C(=O)O. The van der Waals surface area contributed by atoms with Gasteiger partial charge in [-0.1, -0.05) is 12.1 Å². The smallest absolute Gasteiger partial charge is 0.346 e. The molecule has 0 saturated carbocycles. The van der Waals surface area contributed by atoms with Gasteiger partial charge in [0, 0.05) is 0 Å². The van der Waals surface area contributed by atoms with Crippen LogP contribution in [0.2, 0.25) is 0 Å². The van der Waals surface area contributed by atoms with Crippen molar-refractivity contribution in [3.05, 3.63) is 35.4 Å². The van der Waals surface area contributed by atoms with E-state index in [4.69, 9.17) is 15.6 Å². The van der Waals surface area contributed by atoms with E-state index in [-0.39, 0.29) is 11.3 Å². The monoisotopic (exact) mass is 232 g/mol. The highest BCUT2D eigenvalue weighted by Gasteiger charge is 2.08. The second-order valence-electron chi connectivity index (χ2n) is 2.92. The highest BCUT2D eigenvalue weighted by atomic mass is 16.4. The molecule has 86 valence electrons. The van der Waals surface area contributed by atoms with Crippen LogP contribution in [0.5, 0.6) is 0 Å². The summed E-state index contributed by atoms with van der Waals surface area (Å²) in [4.78, 5) is 25.1. The first kappa shape index (κ1) is 12.4. The largest absolute Gasteiger partial charge is 0.478 e. The molecule has 17 heavy (non-hydrogen) atoms. The molecule has 6 nitrogen and oxygen atoms in total. The molecule has 0 fully saturated rings. The lowest BCUT2D eigenvalue weighted by molar-refractivity contribution is -0.131. The van der Waals surface area contributed by atoms with Gasteiger partial charge in [0.25, 0.3) is 0 Å². The number of aromatic carboxylic acids is 1. The average Bonchev–Trinajstić information content (AvgIpc) is 2.29. The minimum Gasteiger partial charge on any atom is -0.478 e. The van der Waals surface area contributed by atoms with E-state index in [0.29, 0.717) is 0 Å². The van der Waals surface area contributed by atoms with Crippen LogP contribution in [0.3, 0.4) is 0 Å². The lowest BCUT2D eigenvalue weighted by Crippen LogP contribution is -2.02. The summed E-state index contributed by atoms with van der Waals surface area (Å²) in [5, 5.41) is 24.2. The Bertz CT molecular complexity index is 542.